The molecule has 0 aliphatic carbocycles. The van der Waals surface area contributed by atoms with Gasteiger partial charge in [-0.2, -0.15) is 5.10 Å². The standard InChI is InChI=1S/C27H34F3N3OS/c1-8-11-22(29)25(27(4,5)30)31-26(34)24(35-7)18(3)17(2)14-15-19-16-23(32-33(19)6)20-12-9-10-13-21(20)28/h8-13,16-17H,14-15H2,1-7H3,(H,31,34). The number of amides is 1. The summed E-state index contributed by atoms with van der Waals surface area (Å²) >= 11 is 1.24. The first kappa shape index (κ1) is 28.5. The Kier molecular flexibility index (Phi) is 10.0. The number of carbonyl (C=O) groups is 1. The van der Waals surface area contributed by atoms with Crippen molar-refractivity contribution >= 4 is 17.7 Å². The number of hydrogen-bond acceptors (Lipinski definition) is 3. The second-order valence-corrected chi connectivity index (χ2v) is 9.75. The van der Waals surface area contributed by atoms with Crippen LogP contribution in [0.2, 0.25) is 0 Å². The van der Waals surface area contributed by atoms with Gasteiger partial charge in [-0.15, -0.1) is 11.8 Å². The number of alkyl halides is 1. The molecule has 0 bridgehead atoms. The summed E-state index contributed by atoms with van der Waals surface area (Å²) in [5.41, 5.74) is 0.330. The molecule has 1 N–H and O–H groups in total. The smallest absolute Gasteiger partial charge is 0.261 e. The highest BCUT2D eigenvalue weighted by Crippen LogP contribution is 2.29. The van der Waals surface area contributed by atoms with Crippen LogP contribution >= 0.6 is 11.8 Å². The van der Waals surface area contributed by atoms with E-state index < -0.39 is 23.1 Å². The monoisotopic (exact) mass is 505 g/mol. The van der Waals surface area contributed by atoms with Gasteiger partial charge in [0.2, 0.25) is 0 Å². The second kappa shape index (κ2) is 12.3. The summed E-state index contributed by atoms with van der Waals surface area (Å²) < 4.78 is 44.9. The molecule has 1 aromatic heterocycles. The van der Waals surface area contributed by atoms with Gasteiger partial charge < -0.3 is 5.32 Å². The van der Waals surface area contributed by atoms with Crippen LogP contribution in [0.25, 0.3) is 11.3 Å². The van der Waals surface area contributed by atoms with Crippen LogP contribution in [0.1, 0.15) is 46.7 Å². The maximum absolute atomic E-state index is 14.6. The SMILES string of the molecule is CC=CC(F)=C(NC(=O)C(SC)=C(C)C(C)CCc1cc(-c2ccccc2F)nn1C)C(C)(C)F. The summed E-state index contributed by atoms with van der Waals surface area (Å²) in [4.78, 5) is 13.4. The van der Waals surface area contributed by atoms with Gasteiger partial charge in [-0.1, -0.05) is 30.7 Å². The van der Waals surface area contributed by atoms with Crippen LogP contribution in [0.4, 0.5) is 13.2 Å². The lowest BCUT2D eigenvalue weighted by Gasteiger charge is -2.22. The van der Waals surface area contributed by atoms with Gasteiger partial charge in [0.05, 0.1) is 16.3 Å². The highest BCUT2D eigenvalue weighted by molar-refractivity contribution is 8.03. The fraction of sp³-hybridized carbons (Fsp3) is 0.407. The van der Waals surface area contributed by atoms with Gasteiger partial charge in [0.1, 0.15) is 17.3 Å². The third kappa shape index (κ3) is 7.37. The molecule has 2 aromatic rings. The Morgan fingerprint density at radius 2 is 1.97 bits per heavy atom. The quantitative estimate of drug-likeness (QED) is 0.278. The van der Waals surface area contributed by atoms with Crippen LogP contribution in [0.3, 0.4) is 0 Å². The van der Waals surface area contributed by atoms with Gasteiger partial charge in [-0.3, -0.25) is 9.48 Å². The molecule has 0 saturated heterocycles. The fourth-order valence-corrected chi connectivity index (χ4v) is 4.43. The van der Waals surface area contributed by atoms with Crippen molar-refractivity contribution in [2.24, 2.45) is 13.0 Å². The Hall–Kier alpha value is -2.74. The number of benzene rings is 1. The maximum Gasteiger partial charge on any atom is 0.261 e. The summed E-state index contributed by atoms with van der Waals surface area (Å²) in [5, 5.41) is 6.90. The van der Waals surface area contributed by atoms with E-state index in [1.807, 2.05) is 27.0 Å². The van der Waals surface area contributed by atoms with Gasteiger partial charge in [-0.05, 0) is 77.0 Å². The van der Waals surface area contributed by atoms with Crippen molar-refractivity contribution < 1.29 is 18.0 Å². The number of aryl methyl sites for hydroxylation is 2. The Bertz CT molecular complexity index is 1140. The van der Waals surface area contributed by atoms with Crippen LogP contribution in [-0.4, -0.2) is 27.6 Å². The maximum atomic E-state index is 14.6. The molecule has 4 nitrogen and oxygen atoms in total. The summed E-state index contributed by atoms with van der Waals surface area (Å²) in [7, 11) is 1.82. The van der Waals surface area contributed by atoms with Crippen LogP contribution in [0.5, 0.6) is 0 Å². The number of allylic oxidation sites excluding steroid dienone is 5. The molecule has 1 amide bonds. The number of nitrogens with zero attached hydrogens (tertiary/aromatic N) is 2. The zero-order chi connectivity index (χ0) is 26.3. The van der Waals surface area contributed by atoms with E-state index in [1.165, 1.54) is 37.8 Å². The third-order valence-corrected chi connectivity index (χ3v) is 6.77. The highest BCUT2D eigenvalue weighted by atomic mass is 32.2. The average molecular weight is 506 g/mol. The van der Waals surface area contributed by atoms with E-state index in [4.69, 9.17) is 0 Å². The Labute approximate surface area is 210 Å². The van der Waals surface area contributed by atoms with E-state index in [9.17, 15) is 18.0 Å². The lowest BCUT2D eigenvalue weighted by Crippen LogP contribution is -2.34. The summed E-state index contributed by atoms with van der Waals surface area (Å²) in [6.07, 6.45) is 5.71. The highest BCUT2D eigenvalue weighted by Gasteiger charge is 2.29. The molecule has 35 heavy (non-hydrogen) atoms. The number of aromatic nitrogens is 2. The molecule has 0 aliphatic heterocycles. The van der Waals surface area contributed by atoms with Gasteiger partial charge >= 0.3 is 0 Å². The number of hydrogen-bond donors (Lipinski definition) is 1. The lowest BCUT2D eigenvalue weighted by molar-refractivity contribution is -0.116. The molecule has 190 valence electrons. The second-order valence-electron chi connectivity index (χ2n) is 8.93. The Balaban J connectivity index is 2.20. The van der Waals surface area contributed by atoms with Gasteiger partial charge in [-0.25, -0.2) is 13.2 Å². The minimum Gasteiger partial charge on any atom is -0.320 e. The molecule has 0 spiro atoms. The van der Waals surface area contributed by atoms with E-state index in [0.717, 1.165) is 17.3 Å². The summed E-state index contributed by atoms with van der Waals surface area (Å²) in [6, 6.07) is 8.38. The van der Waals surface area contributed by atoms with Crippen LogP contribution in [0.15, 0.2) is 64.5 Å². The average Bonchev–Trinajstić information content (AvgIpc) is 3.15. The summed E-state index contributed by atoms with van der Waals surface area (Å²) in [6.45, 7) is 7.88. The molecule has 1 unspecified atom stereocenters. The molecule has 2 rings (SSSR count). The molecular formula is C27H34F3N3OS. The van der Waals surface area contributed by atoms with E-state index in [2.05, 4.69) is 10.4 Å². The Morgan fingerprint density at radius 3 is 2.54 bits per heavy atom. The predicted molar refractivity (Wildman–Crippen MR) is 139 cm³/mol. The molecule has 0 saturated carbocycles. The van der Waals surface area contributed by atoms with E-state index in [-0.39, 0.29) is 11.7 Å². The number of halogens is 3. The van der Waals surface area contributed by atoms with Gasteiger partial charge in [0, 0.05) is 18.3 Å². The fourth-order valence-electron chi connectivity index (χ4n) is 3.67. The number of carbonyl (C=O) groups excluding carboxylic acids is 1. The van der Waals surface area contributed by atoms with Gasteiger partial charge in [0.25, 0.3) is 5.91 Å². The topological polar surface area (TPSA) is 46.9 Å². The van der Waals surface area contributed by atoms with Crippen molar-refractivity contribution in [3.63, 3.8) is 0 Å². The molecule has 1 heterocycles. The molecule has 0 radical (unpaired) electrons. The van der Waals surface area contributed by atoms with Crippen molar-refractivity contribution in [3.05, 3.63) is 76.0 Å². The predicted octanol–water partition coefficient (Wildman–Crippen LogP) is 7.05. The first-order chi connectivity index (χ1) is 16.4. The van der Waals surface area contributed by atoms with Crippen molar-refractivity contribution in [2.75, 3.05) is 6.26 Å². The first-order valence-corrected chi connectivity index (χ1v) is 12.7. The molecule has 8 heteroatoms. The van der Waals surface area contributed by atoms with E-state index in [0.29, 0.717) is 29.0 Å². The zero-order valence-corrected chi connectivity index (χ0v) is 22.2. The molecule has 1 atom stereocenters. The molecule has 0 fully saturated rings. The van der Waals surface area contributed by atoms with Crippen molar-refractivity contribution in [1.29, 1.82) is 0 Å². The third-order valence-electron chi connectivity index (χ3n) is 5.85. The summed E-state index contributed by atoms with van der Waals surface area (Å²) in [5.74, 6) is -1.66. The van der Waals surface area contributed by atoms with Crippen molar-refractivity contribution in [3.8, 4) is 11.3 Å². The number of rotatable bonds is 10. The largest absolute Gasteiger partial charge is 0.320 e. The van der Waals surface area contributed by atoms with Crippen LogP contribution in [-0.2, 0) is 18.3 Å². The van der Waals surface area contributed by atoms with E-state index in [1.54, 1.807) is 36.1 Å². The Morgan fingerprint density at radius 1 is 1.31 bits per heavy atom. The minimum absolute atomic E-state index is 0.0150. The van der Waals surface area contributed by atoms with Crippen LogP contribution < -0.4 is 5.32 Å². The van der Waals surface area contributed by atoms with Gasteiger partial charge in [0.15, 0.2) is 0 Å². The minimum atomic E-state index is -2.06. The number of nitrogens with one attached hydrogen (secondary N) is 1. The number of thioether (sulfide) groups is 1. The van der Waals surface area contributed by atoms with Crippen LogP contribution in [0, 0.1) is 11.7 Å². The van der Waals surface area contributed by atoms with Crippen molar-refractivity contribution in [2.45, 2.75) is 53.1 Å². The van der Waals surface area contributed by atoms with Crippen molar-refractivity contribution in [1.82, 2.24) is 15.1 Å². The van der Waals surface area contributed by atoms with E-state index >= 15 is 0 Å². The first-order valence-electron chi connectivity index (χ1n) is 11.5. The lowest BCUT2D eigenvalue weighted by atomic mass is 9.95. The molecular weight excluding hydrogens is 471 g/mol. The molecule has 0 aliphatic rings. The zero-order valence-electron chi connectivity index (χ0n) is 21.4. The normalized spacial score (nSPS) is 14.6. The molecule has 1 aromatic carbocycles.